The second-order valence-corrected chi connectivity index (χ2v) is 9.03. The number of halogens is 1. The van der Waals surface area contributed by atoms with Gasteiger partial charge in [-0.3, -0.25) is 9.59 Å². The molecule has 7 nitrogen and oxygen atoms in total. The molecule has 1 aromatic carbocycles. The second-order valence-electron chi connectivity index (χ2n) is 5.89. The summed E-state index contributed by atoms with van der Waals surface area (Å²) >= 11 is 3.35. The van der Waals surface area contributed by atoms with Crippen LogP contribution in [0.5, 0.6) is 0 Å². The minimum Gasteiger partial charge on any atom is -0.351 e. The summed E-state index contributed by atoms with van der Waals surface area (Å²) in [5.74, 6) is -0.403. The quantitative estimate of drug-likeness (QED) is 0.786. The number of carbonyl (C=O) groups excluding carboxylic acids is 1. The highest BCUT2D eigenvalue weighted by molar-refractivity contribution is 9.10. The number of rotatable bonds is 4. The van der Waals surface area contributed by atoms with Crippen molar-refractivity contribution in [2.24, 2.45) is 0 Å². The first-order chi connectivity index (χ1) is 11.8. The Hall–Kier alpha value is -2.00. The first kappa shape index (κ1) is 17.8. The number of hydrogen-bond acceptors (Lipinski definition) is 5. The van der Waals surface area contributed by atoms with Gasteiger partial charge in [0, 0.05) is 22.1 Å². The molecular weight excluding hydrogens is 410 g/mol. The molecule has 1 amide bonds. The van der Waals surface area contributed by atoms with Crippen LogP contribution in [0.4, 0.5) is 0 Å². The normalized spacial score (nSPS) is 18.8. The van der Waals surface area contributed by atoms with E-state index in [1.807, 2.05) is 24.3 Å². The van der Waals surface area contributed by atoms with Gasteiger partial charge >= 0.3 is 0 Å². The Morgan fingerprint density at radius 2 is 1.96 bits per heavy atom. The molecule has 1 atom stereocenters. The van der Waals surface area contributed by atoms with Crippen LogP contribution in [0.2, 0.25) is 0 Å². The molecule has 1 fully saturated rings. The third-order valence-corrected chi connectivity index (χ3v) is 6.19. The number of benzene rings is 1. The third-order valence-electron chi connectivity index (χ3n) is 3.90. The van der Waals surface area contributed by atoms with E-state index in [1.54, 1.807) is 6.07 Å². The summed E-state index contributed by atoms with van der Waals surface area (Å²) in [6, 6.07) is 9.98. The maximum Gasteiger partial charge on any atom is 0.267 e. The van der Waals surface area contributed by atoms with Gasteiger partial charge in [-0.25, -0.2) is 13.1 Å². The average Bonchev–Trinajstić information content (AvgIpc) is 2.89. The molecule has 1 aliphatic rings. The van der Waals surface area contributed by atoms with Crippen LogP contribution in [0.25, 0.3) is 11.3 Å². The van der Waals surface area contributed by atoms with E-state index in [4.69, 9.17) is 0 Å². The van der Waals surface area contributed by atoms with Crippen molar-refractivity contribution in [3.05, 3.63) is 51.2 Å². The zero-order valence-electron chi connectivity index (χ0n) is 13.2. The molecule has 25 heavy (non-hydrogen) atoms. The molecule has 1 saturated heterocycles. The van der Waals surface area contributed by atoms with E-state index in [-0.39, 0.29) is 18.1 Å². The lowest BCUT2D eigenvalue weighted by atomic mass is 10.1. The Labute approximate surface area is 153 Å². The molecule has 0 unspecified atom stereocenters. The Morgan fingerprint density at radius 1 is 1.24 bits per heavy atom. The standard InChI is InChI=1S/C16H16BrN3O4S/c17-12-3-1-11(2-4-12)14-5-6-16(22)20(19-14)9-15(21)18-13-7-8-25(23,24)10-13/h1-6,13H,7-10H2,(H,18,21)/t13-/m1/s1. The lowest BCUT2D eigenvalue weighted by Gasteiger charge is -2.12. The van der Waals surface area contributed by atoms with Gasteiger partial charge < -0.3 is 5.32 Å². The van der Waals surface area contributed by atoms with Gasteiger partial charge in [-0.2, -0.15) is 5.10 Å². The molecule has 0 bridgehead atoms. The lowest BCUT2D eigenvalue weighted by Crippen LogP contribution is -2.40. The van der Waals surface area contributed by atoms with E-state index in [9.17, 15) is 18.0 Å². The predicted octanol–water partition coefficient (Wildman–Crippen LogP) is 0.976. The molecule has 0 aliphatic carbocycles. The fourth-order valence-electron chi connectivity index (χ4n) is 2.65. The van der Waals surface area contributed by atoms with Crippen LogP contribution in [0.15, 0.2) is 45.7 Å². The lowest BCUT2D eigenvalue weighted by molar-refractivity contribution is -0.122. The molecule has 1 N–H and O–H groups in total. The molecule has 132 valence electrons. The molecule has 1 aliphatic heterocycles. The first-order valence-corrected chi connectivity index (χ1v) is 10.3. The molecule has 2 heterocycles. The number of amides is 1. The van der Waals surface area contributed by atoms with E-state index < -0.39 is 27.3 Å². The van der Waals surface area contributed by atoms with Gasteiger partial charge in [-0.1, -0.05) is 28.1 Å². The Kier molecular flexibility index (Phi) is 5.05. The number of hydrogen-bond donors (Lipinski definition) is 1. The van der Waals surface area contributed by atoms with Crippen molar-refractivity contribution in [3.8, 4) is 11.3 Å². The van der Waals surface area contributed by atoms with Gasteiger partial charge in [-0.15, -0.1) is 0 Å². The summed E-state index contributed by atoms with van der Waals surface area (Å²) in [6.07, 6.45) is 0.398. The van der Waals surface area contributed by atoms with Gasteiger partial charge in [0.15, 0.2) is 9.84 Å². The van der Waals surface area contributed by atoms with Crippen molar-refractivity contribution < 1.29 is 13.2 Å². The van der Waals surface area contributed by atoms with Crippen LogP contribution in [-0.4, -0.2) is 41.7 Å². The summed E-state index contributed by atoms with van der Waals surface area (Å²) in [6.45, 7) is -0.250. The topological polar surface area (TPSA) is 98.1 Å². The van der Waals surface area contributed by atoms with Crippen molar-refractivity contribution in [2.75, 3.05) is 11.5 Å². The molecule has 9 heteroatoms. The number of nitrogens with one attached hydrogen (secondary N) is 1. The smallest absolute Gasteiger partial charge is 0.267 e. The number of carbonyl (C=O) groups is 1. The van der Waals surface area contributed by atoms with E-state index in [2.05, 4.69) is 26.3 Å². The van der Waals surface area contributed by atoms with Crippen LogP contribution in [0, 0.1) is 0 Å². The zero-order valence-corrected chi connectivity index (χ0v) is 15.6. The van der Waals surface area contributed by atoms with Crippen molar-refractivity contribution in [1.29, 1.82) is 0 Å². The Balaban J connectivity index is 1.73. The number of sulfone groups is 1. The highest BCUT2D eigenvalue weighted by Gasteiger charge is 2.28. The van der Waals surface area contributed by atoms with Gasteiger partial charge in [0.1, 0.15) is 6.54 Å². The molecule has 0 spiro atoms. The van der Waals surface area contributed by atoms with Crippen LogP contribution >= 0.6 is 15.9 Å². The van der Waals surface area contributed by atoms with E-state index in [0.29, 0.717) is 12.1 Å². The van der Waals surface area contributed by atoms with E-state index in [1.165, 1.54) is 6.07 Å². The number of aromatic nitrogens is 2. The Morgan fingerprint density at radius 3 is 2.60 bits per heavy atom. The Bertz CT molecular complexity index is 954. The highest BCUT2D eigenvalue weighted by atomic mass is 79.9. The van der Waals surface area contributed by atoms with E-state index in [0.717, 1.165) is 14.7 Å². The molecule has 0 radical (unpaired) electrons. The molecule has 0 saturated carbocycles. The van der Waals surface area contributed by atoms with Crippen LogP contribution < -0.4 is 10.9 Å². The minimum atomic E-state index is -3.07. The third kappa shape index (κ3) is 4.55. The summed E-state index contributed by atoms with van der Waals surface area (Å²) in [5, 5.41) is 6.88. The predicted molar refractivity (Wildman–Crippen MR) is 96.8 cm³/mol. The van der Waals surface area contributed by atoms with Crippen LogP contribution in [0.1, 0.15) is 6.42 Å². The van der Waals surface area contributed by atoms with E-state index >= 15 is 0 Å². The first-order valence-electron chi connectivity index (χ1n) is 7.66. The van der Waals surface area contributed by atoms with Crippen molar-refractivity contribution >= 4 is 31.7 Å². The SMILES string of the molecule is O=C(Cn1nc(-c2ccc(Br)cc2)ccc1=O)N[C@@H]1CCS(=O)(=O)C1. The monoisotopic (exact) mass is 425 g/mol. The largest absolute Gasteiger partial charge is 0.351 e. The molecular formula is C16H16BrN3O4S. The molecule has 1 aromatic heterocycles. The molecule has 2 aromatic rings. The van der Waals surface area contributed by atoms with Crippen LogP contribution in [-0.2, 0) is 21.2 Å². The summed E-state index contributed by atoms with van der Waals surface area (Å²) in [4.78, 5) is 24.1. The second kappa shape index (κ2) is 7.09. The fourth-order valence-corrected chi connectivity index (χ4v) is 4.59. The number of nitrogens with zero attached hydrogens (tertiary/aromatic N) is 2. The summed E-state index contributed by atoms with van der Waals surface area (Å²) in [7, 11) is -3.07. The summed E-state index contributed by atoms with van der Waals surface area (Å²) in [5.41, 5.74) is 0.998. The maximum absolute atomic E-state index is 12.1. The average molecular weight is 426 g/mol. The van der Waals surface area contributed by atoms with Crippen LogP contribution in [0.3, 0.4) is 0 Å². The van der Waals surface area contributed by atoms with Crippen molar-refractivity contribution in [1.82, 2.24) is 15.1 Å². The van der Waals surface area contributed by atoms with Gasteiger partial charge in [0.05, 0.1) is 17.2 Å². The van der Waals surface area contributed by atoms with Gasteiger partial charge in [0.25, 0.3) is 5.56 Å². The summed E-state index contributed by atoms with van der Waals surface area (Å²) < 4.78 is 24.9. The molecule has 3 rings (SSSR count). The van der Waals surface area contributed by atoms with Crippen molar-refractivity contribution in [2.45, 2.75) is 19.0 Å². The van der Waals surface area contributed by atoms with Gasteiger partial charge in [0.2, 0.25) is 5.91 Å². The van der Waals surface area contributed by atoms with Gasteiger partial charge in [-0.05, 0) is 24.6 Å². The zero-order chi connectivity index (χ0) is 18.0. The fraction of sp³-hybridized carbons (Fsp3) is 0.312. The highest BCUT2D eigenvalue weighted by Crippen LogP contribution is 2.18. The maximum atomic E-state index is 12.1. The minimum absolute atomic E-state index is 0.0556. The van der Waals surface area contributed by atoms with Crippen molar-refractivity contribution in [3.63, 3.8) is 0 Å².